The summed E-state index contributed by atoms with van der Waals surface area (Å²) >= 11 is 1.90. The number of fused-ring (bicyclic) bond motifs is 1. The van der Waals surface area contributed by atoms with E-state index in [1.165, 1.54) is 33.7 Å². The molecule has 18 heavy (non-hydrogen) atoms. The van der Waals surface area contributed by atoms with Gasteiger partial charge in [-0.2, -0.15) is 0 Å². The van der Waals surface area contributed by atoms with Crippen LogP contribution in [0.2, 0.25) is 0 Å². The number of nitrogens with one attached hydrogen (secondary N) is 1. The third-order valence-corrected chi connectivity index (χ3v) is 4.76. The van der Waals surface area contributed by atoms with Gasteiger partial charge < -0.3 is 5.32 Å². The number of benzene rings is 1. The minimum Gasteiger partial charge on any atom is -0.310 e. The van der Waals surface area contributed by atoms with Crippen molar-refractivity contribution in [1.82, 2.24) is 5.32 Å². The van der Waals surface area contributed by atoms with Crippen LogP contribution in [0.5, 0.6) is 0 Å². The van der Waals surface area contributed by atoms with Gasteiger partial charge in [0.25, 0.3) is 0 Å². The molecular weight excluding hydrogens is 238 g/mol. The third kappa shape index (κ3) is 2.00. The van der Waals surface area contributed by atoms with Crippen LogP contribution in [0.1, 0.15) is 35.4 Å². The van der Waals surface area contributed by atoms with Gasteiger partial charge in [-0.25, -0.2) is 0 Å². The van der Waals surface area contributed by atoms with Crippen LogP contribution in [0, 0.1) is 6.92 Å². The Labute approximate surface area is 113 Å². The smallest absolute Gasteiger partial charge is 0.0348 e. The average Bonchev–Trinajstić information content (AvgIpc) is 2.97. The molecule has 1 atom stereocenters. The maximum atomic E-state index is 3.59. The molecule has 0 radical (unpaired) electrons. The summed E-state index contributed by atoms with van der Waals surface area (Å²) < 4.78 is 0. The first-order valence-electron chi connectivity index (χ1n) is 6.71. The van der Waals surface area contributed by atoms with Crippen molar-refractivity contribution in [1.29, 1.82) is 0 Å². The first-order chi connectivity index (χ1) is 8.79. The standard InChI is InChI=1S/C16H19NS/c1-3-17-15-9-8-12-13(15)5-4-6-14(12)16-10-7-11(2)18-16/h4-7,10,15,17H,3,8-9H2,1-2H3. The van der Waals surface area contributed by atoms with Crippen molar-refractivity contribution in [2.75, 3.05) is 6.54 Å². The second kappa shape index (κ2) is 4.87. The van der Waals surface area contributed by atoms with E-state index in [4.69, 9.17) is 0 Å². The molecule has 0 amide bonds. The zero-order valence-corrected chi connectivity index (χ0v) is 11.8. The lowest BCUT2D eigenvalue weighted by molar-refractivity contribution is 0.549. The van der Waals surface area contributed by atoms with Crippen molar-refractivity contribution < 1.29 is 0 Å². The van der Waals surface area contributed by atoms with E-state index in [1.807, 2.05) is 11.3 Å². The van der Waals surface area contributed by atoms with Gasteiger partial charge in [0.05, 0.1) is 0 Å². The molecule has 1 aromatic heterocycles. The summed E-state index contributed by atoms with van der Waals surface area (Å²) in [5, 5.41) is 3.59. The minimum absolute atomic E-state index is 0.561. The summed E-state index contributed by atoms with van der Waals surface area (Å²) in [6.07, 6.45) is 2.45. The number of hydrogen-bond donors (Lipinski definition) is 1. The molecule has 1 nitrogen and oxygen atoms in total. The Morgan fingerprint density at radius 1 is 1.28 bits per heavy atom. The molecule has 1 aromatic carbocycles. The second-order valence-corrected chi connectivity index (χ2v) is 6.22. The average molecular weight is 257 g/mol. The van der Waals surface area contributed by atoms with Crippen molar-refractivity contribution in [3.05, 3.63) is 46.3 Å². The molecule has 94 valence electrons. The highest BCUT2D eigenvalue weighted by molar-refractivity contribution is 7.15. The molecule has 0 fully saturated rings. The van der Waals surface area contributed by atoms with E-state index in [0.717, 1.165) is 6.54 Å². The van der Waals surface area contributed by atoms with Gasteiger partial charge in [0.2, 0.25) is 0 Å². The molecule has 1 aliphatic carbocycles. The fourth-order valence-electron chi connectivity index (χ4n) is 2.92. The van der Waals surface area contributed by atoms with E-state index in [2.05, 4.69) is 49.5 Å². The van der Waals surface area contributed by atoms with Gasteiger partial charge in [0.1, 0.15) is 0 Å². The van der Waals surface area contributed by atoms with E-state index in [1.54, 1.807) is 5.56 Å². The number of hydrogen-bond acceptors (Lipinski definition) is 2. The maximum Gasteiger partial charge on any atom is 0.0348 e. The highest BCUT2D eigenvalue weighted by Gasteiger charge is 2.24. The Morgan fingerprint density at radius 2 is 2.17 bits per heavy atom. The molecule has 2 heteroatoms. The normalized spacial score (nSPS) is 18.0. The van der Waals surface area contributed by atoms with E-state index in [0.29, 0.717) is 6.04 Å². The molecule has 0 bridgehead atoms. The summed E-state index contributed by atoms with van der Waals surface area (Å²) in [4.78, 5) is 2.81. The highest BCUT2D eigenvalue weighted by atomic mass is 32.1. The summed E-state index contributed by atoms with van der Waals surface area (Å²) in [5.41, 5.74) is 4.52. The van der Waals surface area contributed by atoms with Crippen LogP contribution in [0.15, 0.2) is 30.3 Å². The summed E-state index contributed by atoms with van der Waals surface area (Å²) in [5.74, 6) is 0. The predicted octanol–water partition coefficient (Wildman–Crippen LogP) is 4.32. The van der Waals surface area contributed by atoms with Gasteiger partial charge in [-0.05, 0) is 55.1 Å². The molecule has 3 rings (SSSR count). The molecule has 1 N–H and O–H groups in total. The lowest BCUT2D eigenvalue weighted by Crippen LogP contribution is -2.18. The van der Waals surface area contributed by atoms with Crippen LogP contribution < -0.4 is 5.32 Å². The van der Waals surface area contributed by atoms with Crippen molar-refractivity contribution in [3.63, 3.8) is 0 Å². The summed E-state index contributed by atoms with van der Waals surface area (Å²) in [7, 11) is 0. The highest BCUT2D eigenvalue weighted by Crippen LogP contribution is 2.39. The molecule has 2 aromatic rings. The van der Waals surface area contributed by atoms with Crippen LogP contribution in [0.4, 0.5) is 0 Å². The van der Waals surface area contributed by atoms with E-state index >= 15 is 0 Å². The SMILES string of the molecule is CCNC1CCc2c(-c3ccc(C)s3)cccc21. The van der Waals surface area contributed by atoms with E-state index in [9.17, 15) is 0 Å². The molecular formula is C16H19NS. The van der Waals surface area contributed by atoms with E-state index in [-0.39, 0.29) is 0 Å². The summed E-state index contributed by atoms with van der Waals surface area (Å²) in [6, 6.07) is 11.8. The Hall–Kier alpha value is -1.12. The van der Waals surface area contributed by atoms with Gasteiger partial charge in [0, 0.05) is 15.8 Å². The molecule has 0 spiro atoms. The fourth-order valence-corrected chi connectivity index (χ4v) is 3.84. The second-order valence-electron chi connectivity index (χ2n) is 4.93. The molecule has 1 heterocycles. The molecule has 1 aliphatic rings. The lowest BCUT2D eigenvalue weighted by Gasteiger charge is -2.13. The molecule has 0 saturated heterocycles. The van der Waals surface area contributed by atoms with Crippen molar-refractivity contribution in [3.8, 4) is 10.4 Å². The molecule has 0 saturated carbocycles. The van der Waals surface area contributed by atoms with Gasteiger partial charge in [0.15, 0.2) is 0 Å². The van der Waals surface area contributed by atoms with Crippen LogP contribution in [-0.4, -0.2) is 6.54 Å². The zero-order valence-electron chi connectivity index (χ0n) is 11.0. The largest absolute Gasteiger partial charge is 0.310 e. The van der Waals surface area contributed by atoms with Gasteiger partial charge in [-0.1, -0.05) is 25.1 Å². The number of rotatable bonds is 3. The lowest BCUT2D eigenvalue weighted by atomic mass is 10.0. The first kappa shape index (κ1) is 11.9. The fraction of sp³-hybridized carbons (Fsp3) is 0.375. The Bertz CT molecular complexity index is 556. The quantitative estimate of drug-likeness (QED) is 0.863. The Kier molecular flexibility index (Phi) is 3.23. The zero-order chi connectivity index (χ0) is 12.5. The first-order valence-corrected chi connectivity index (χ1v) is 7.53. The van der Waals surface area contributed by atoms with Crippen molar-refractivity contribution >= 4 is 11.3 Å². The molecule has 1 unspecified atom stereocenters. The van der Waals surface area contributed by atoms with Crippen molar-refractivity contribution in [2.45, 2.75) is 32.7 Å². The number of aryl methyl sites for hydroxylation is 1. The third-order valence-electron chi connectivity index (χ3n) is 3.73. The van der Waals surface area contributed by atoms with Crippen LogP contribution in [-0.2, 0) is 6.42 Å². The molecule has 0 aliphatic heterocycles. The van der Waals surface area contributed by atoms with E-state index < -0.39 is 0 Å². The van der Waals surface area contributed by atoms with Crippen LogP contribution in [0.3, 0.4) is 0 Å². The maximum absolute atomic E-state index is 3.59. The Balaban J connectivity index is 2.03. The minimum atomic E-state index is 0.561. The Morgan fingerprint density at radius 3 is 2.89 bits per heavy atom. The van der Waals surface area contributed by atoms with Crippen LogP contribution >= 0.6 is 11.3 Å². The monoisotopic (exact) mass is 257 g/mol. The van der Waals surface area contributed by atoms with Crippen molar-refractivity contribution in [2.24, 2.45) is 0 Å². The number of thiophene rings is 1. The topological polar surface area (TPSA) is 12.0 Å². The predicted molar refractivity (Wildman–Crippen MR) is 79.2 cm³/mol. The summed E-state index contributed by atoms with van der Waals surface area (Å²) in [6.45, 7) is 5.41. The van der Waals surface area contributed by atoms with Gasteiger partial charge in [-0.3, -0.25) is 0 Å². The van der Waals surface area contributed by atoms with Gasteiger partial charge in [-0.15, -0.1) is 11.3 Å². The van der Waals surface area contributed by atoms with Gasteiger partial charge >= 0.3 is 0 Å². The van der Waals surface area contributed by atoms with Crippen LogP contribution in [0.25, 0.3) is 10.4 Å².